The summed E-state index contributed by atoms with van der Waals surface area (Å²) in [4.78, 5) is 2.28. The number of nitrogens with zero attached hydrogens (tertiary/aromatic N) is 1. The Bertz CT molecular complexity index is 2160. The van der Waals surface area contributed by atoms with Crippen LogP contribution in [0.1, 0.15) is 0 Å². The lowest BCUT2D eigenvalue weighted by Crippen LogP contribution is -2.10. The molecule has 40 heavy (non-hydrogen) atoms. The highest BCUT2D eigenvalue weighted by Gasteiger charge is 2.19. The van der Waals surface area contributed by atoms with Crippen molar-refractivity contribution < 1.29 is 4.42 Å². The molecule has 0 bridgehead atoms. The smallest absolute Gasteiger partial charge is 0.159 e. The molecule has 0 radical (unpaired) electrons. The molecule has 1 aromatic heterocycles. The minimum atomic E-state index is 0.887. The molecule has 8 aromatic rings. The highest BCUT2D eigenvalue weighted by atomic mass is 16.3. The largest absolute Gasteiger partial charge is 0.454 e. The average molecular weight is 512 g/mol. The maximum absolute atomic E-state index is 6.43. The molecule has 0 aliphatic rings. The summed E-state index contributed by atoms with van der Waals surface area (Å²) in [5.41, 5.74) is 7.36. The van der Waals surface area contributed by atoms with Gasteiger partial charge in [0.25, 0.3) is 0 Å². The fourth-order valence-electron chi connectivity index (χ4n) is 5.90. The second-order valence-electron chi connectivity index (χ2n) is 10.2. The fraction of sp³-hybridized carbons (Fsp3) is 0. The zero-order valence-electron chi connectivity index (χ0n) is 21.8. The molecule has 7 aromatic carbocycles. The predicted octanol–water partition coefficient (Wildman–Crippen LogP) is 11.0. The number of hydrogen-bond donors (Lipinski definition) is 0. The van der Waals surface area contributed by atoms with Gasteiger partial charge >= 0.3 is 0 Å². The van der Waals surface area contributed by atoms with Gasteiger partial charge in [-0.3, -0.25) is 0 Å². The van der Waals surface area contributed by atoms with Crippen LogP contribution in [-0.4, -0.2) is 0 Å². The van der Waals surface area contributed by atoms with Crippen LogP contribution in [0.2, 0.25) is 0 Å². The van der Waals surface area contributed by atoms with Gasteiger partial charge in [-0.15, -0.1) is 0 Å². The van der Waals surface area contributed by atoms with Crippen LogP contribution in [0.3, 0.4) is 0 Å². The maximum Gasteiger partial charge on any atom is 0.159 e. The van der Waals surface area contributed by atoms with Crippen molar-refractivity contribution in [3.63, 3.8) is 0 Å². The first-order chi connectivity index (χ1) is 19.8. The Morgan fingerprint density at radius 3 is 1.88 bits per heavy atom. The molecule has 0 unspecified atom stereocenters. The topological polar surface area (TPSA) is 16.4 Å². The van der Waals surface area contributed by atoms with E-state index in [9.17, 15) is 0 Å². The van der Waals surface area contributed by atoms with Crippen LogP contribution in [0.5, 0.6) is 0 Å². The first kappa shape index (κ1) is 22.6. The summed E-state index contributed by atoms with van der Waals surface area (Å²) in [5, 5.41) is 7.34. The van der Waals surface area contributed by atoms with E-state index < -0.39 is 0 Å². The van der Waals surface area contributed by atoms with E-state index in [0.717, 1.165) is 39.0 Å². The van der Waals surface area contributed by atoms with Crippen molar-refractivity contribution in [2.75, 3.05) is 4.90 Å². The highest BCUT2D eigenvalue weighted by Crippen LogP contribution is 2.42. The number of para-hydroxylation sites is 3. The fourth-order valence-corrected chi connectivity index (χ4v) is 5.90. The van der Waals surface area contributed by atoms with E-state index in [1.807, 2.05) is 12.1 Å². The molecule has 0 N–H and O–H groups in total. The van der Waals surface area contributed by atoms with Gasteiger partial charge in [-0.2, -0.15) is 0 Å². The van der Waals surface area contributed by atoms with Crippen LogP contribution in [0.15, 0.2) is 156 Å². The average Bonchev–Trinajstić information content (AvgIpc) is 3.41. The van der Waals surface area contributed by atoms with E-state index in [0.29, 0.717) is 0 Å². The standard InChI is InChI=1S/C38H25NO/c1-2-10-30(11-3-1)39(36-15-8-14-34-33-13-6-7-16-37(33)40-38(34)36)31-23-21-26(22-24-31)29-20-19-28-18-17-27-9-4-5-12-32(27)35(28)25-29/h1-25H. The van der Waals surface area contributed by atoms with E-state index in [4.69, 9.17) is 4.42 Å². The third kappa shape index (κ3) is 3.65. The van der Waals surface area contributed by atoms with Gasteiger partial charge in [0.1, 0.15) is 5.58 Å². The summed E-state index contributed by atoms with van der Waals surface area (Å²) in [5.74, 6) is 0. The number of furan rings is 1. The molecule has 0 aliphatic carbocycles. The Morgan fingerprint density at radius 1 is 0.400 bits per heavy atom. The number of benzene rings is 7. The first-order valence-corrected chi connectivity index (χ1v) is 13.6. The van der Waals surface area contributed by atoms with Crippen molar-refractivity contribution in [2.24, 2.45) is 0 Å². The van der Waals surface area contributed by atoms with Gasteiger partial charge < -0.3 is 9.32 Å². The summed E-state index contributed by atoms with van der Waals surface area (Å²) in [6, 6.07) is 53.7. The van der Waals surface area contributed by atoms with Crippen LogP contribution in [0.4, 0.5) is 17.1 Å². The van der Waals surface area contributed by atoms with Crippen molar-refractivity contribution in [3.05, 3.63) is 152 Å². The monoisotopic (exact) mass is 511 g/mol. The van der Waals surface area contributed by atoms with E-state index in [1.54, 1.807) is 0 Å². The van der Waals surface area contributed by atoms with E-state index in [1.165, 1.54) is 32.7 Å². The van der Waals surface area contributed by atoms with Gasteiger partial charge in [-0.25, -0.2) is 0 Å². The Balaban J connectivity index is 1.26. The van der Waals surface area contributed by atoms with Crippen molar-refractivity contribution in [1.29, 1.82) is 0 Å². The second-order valence-corrected chi connectivity index (χ2v) is 10.2. The van der Waals surface area contributed by atoms with Crippen LogP contribution in [0, 0.1) is 0 Å². The van der Waals surface area contributed by atoms with E-state index in [-0.39, 0.29) is 0 Å². The van der Waals surface area contributed by atoms with Gasteiger partial charge in [0.15, 0.2) is 5.58 Å². The molecule has 0 aliphatic heterocycles. The summed E-state index contributed by atoms with van der Waals surface area (Å²) in [6.45, 7) is 0. The van der Waals surface area contributed by atoms with Gasteiger partial charge in [0.2, 0.25) is 0 Å². The Labute approximate surface area is 232 Å². The number of rotatable bonds is 4. The van der Waals surface area contributed by atoms with E-state index >= 15 is 0 Å². The lowest BCUT2D eigenvalue weighted by Gasteiger charge is -2.25. The summed E-state index contributed by atoms with van der Waals surface area (Å²) >= 11 is 0. The number of fused-ring (bicyclic) bond motifs is 6. The number of hydrogen-bond acceptors (Lipinski definition) is 2. The normalized spacial score (nSPS) is 11.5. The van der Waals surface area contributed by atoms with Crippen LogP contribution < -0.4 is 4.90 Å². The van der Waals surface area contributed by atoms with Crippen molar-refractivity contribution >= 4 is 60.5 Å². The van der Waals surface area contributed by atoms with Gasteiger partial charge in [-0.1, -0.05) is 109 Å². The molecule has 2 heteroatoms. The van der Waals surface area contributed by atoms with Crippen molar-refractivity contribution in [3.8, 4) is 11.1 Å². The highest BCUT2D eigenvalue weighted by molar-refractivity contribution is 6.10. The molecule has 0 saturated carbocycles. The summed E-state index contributed by atoms with van der Waals surface area (Å²) in [7, 11) is 0. The lowest BCUT2D eigenvalue weighted by atomic mass is 9.97. The van der Waals surface area contributed by atoms with Gasteiger partial charge in [-0.05, 0) is 75.1 Å². The molecule has 0 spiro atoms. The molecular formula is C38H25NO. The van der Waals surface area contributed by atoms with Crippen LogP contribution >= 0.6 is 0 Å². The second kappa shape index (κ2) is 9.14. The zero-order valence-corrected chi connectivity index (χ0v) is 21.8. The predicted molar refractivity (Wildman–Crippen MR) is 169 cm³/mol. The molecule has 0 amide bonds. The zero-order chi connectivity index (χ0) is 26.5. The Kier molecular flexibility index (Phi) is 5.17. The van der Waals surface area contributed by atoms with E-state index in [2.05, 4.69) is 144 Å². The minimum absolute atomic E-state index is 0.887. The summed E-state index contributed by atoms with van der Waals surface area (Å²) in [6.07, 6.45) is 0. The minimum Gasteiger partial charge on any atom is -0.454 e. The molecule has 0 fully saturated rings. The molecule has 0 saturated heterocycles. The molecule has 2 nitrogen and oxygen atoms in total. The van der Waals surface area contributed by atoms with Crippen LogP contribution in [0.25, 0.3) is 54.6 Å². The molecular weight excluding hydrogens is 486 g/mol. The lowest BCUT2D eigenvalue weighted by molar-refractivity contribution is 0.669. The van der Waals surface area contributed by atoms with Gasteiger partial charge in [0.05, 0.1) is 5.69 Å². The molecule has 1 heterocycles. The quantitative estimate of drug-likeness (QED) is 0.218. The first-order valence-electron chi connectivity index (χ1n) is 13.6. The Morgan fingerprint density at radius 2 is 1.02 bits per heavy atom. The maximum atomic E-state index is 6.43. The summed E-state index contributed by atoms with van der Waals surface area (Å²) < 4.78 is 6.43. The third-order valence-corrected chi connectivity index (χ3v) is 7.84. The SMILES string of the molecule is c1ccc(N(c2ccc(-c3ccc4ccc5ccccc5c4c3)cc2)c2cccc3c2oc2ccccc23)cc1. The van der Waals surface area contributed by atoms with Gasteiger partial charge in [0, 0.05) is 22.1 Å². The molecule has 0 atom stereocenters. The van der Waals surface area contributed by atoms with Crippen molar-refractivity contribution in [1.82, 2.24) is 0 Å². The Hall–Kier alpha value is -5.34. The molecule has 188 valence electrons. The van der Waals surface area contributed by atoms with Crippen molar-refractivity contribution in [2.45, 2.75) is 0 Å². The third-order valence-electron chi connectivity index (χ3n) is 7.84. The molecule has 8 rings (SSSR count). The number of anilines is 3. The van der Waals surface area contributed by atoms with Crippen LogP contribution in [-0.2, 0) is 0 Å².